The molecule has 7 heteroatoms. The van der Waals surface area contributed by atoms with Crippen LogP contribution in [-0.4, -0.2) is 0 Å². The topological polar surface area (TPSA) is 30.2 Å². The normalized spacial score (nSPS) is 11.4. The van der Waals surface area contributed by atoms with E-state index in [-0.39, 0.29) is 22.9 Å². The highest BCUT2D eigenvalue weighted by atomic mass is 19.2. The van der Waals surface area contributed by atoms with E-state index in [4.69, 9.17) is 4.42 Å². The van der Waals surface area contributed by atoms with Gasteiger partial charge in [0.25, 0.3) is 0 Å². The van der Waals surface area contributed by atoms with Crippen LogP contribution in [0.2, 0.25) is 0 Å². The molecule has 42 heavy (non-hydrogen) atoms. The maximum absolute atomic E-state index is 15.6. The van der Waals surface area contributed by atoms with Gasteiger partial charge in [-0.05, 0) is 36.3 Å². The van der Waals surface area contributed by atoms with E-state index in [1.54, 1.807) is 12.1 Å². The molecule has 0 amide bonds. The molecule has 0 spiro atoms. The molecule has 4 rings (SSSR count). The van der Waals surface area contributed by atoms with Crippen LogP contribution < -0.4 is 5.63 Å². The van der Waals surface area contributed by atoms with Gasteiger partial charge in [-0.25, -0.2) is 26.7 Å². The van der Waals surface area contributed by atoms with Crippen molar-refractivity contribution in [1.82, 2.24) is 0 Å². The molecule has 0 bridgehead atoms. The van der Waals surface area contributed by atoms with Crippen molar-refractivity contribution in [3.05, 3.63) is 106 Å². The minimum absolute atomic E-state index is 0.0895. The molecule has 1 heterocycles. The predicted octanol–water partition coefficient (Wildman–Crippen LogP) is 10.6. The van der Waals surface area contributed by atoms with Crippen LogP contribution in [0.3, 0.4) is 0 Å². The largest absolute Gasteiger partial charge is 0.427 e. The second kappa shape index (κ2) is 14.4. The fourth-order valence-corrected chi connectivity index (χ4v) is 5.27. The van der Waals surface area contributed by atoms with Crippen molar-refractivity contribution in [2.24, 2.45) is 0 Å². The molecule has 0 saturated heterocycles. The Labute approximate surface area is 242 Å². The second-order valence-electron chi connectivity index (χ2n) is 10.6. The summed E-state index contributed by atoms with van der Waals surface area (Å²) < 4.78 is 80.8. The Bertz CT molecular complexity index is 1620. The third-order valence-corrected chi connectivity index (χ3v) is 7.64. The van der Waals surface area contributed by atoms with Crippen LogP contribution in [0.5, 0.6) is 0 Å². The van der Waals surface area contributed by atoms with E-state index >= 15 is 13.2 Å². The Hall–Kier alpha value is -3.74. The predicted molar refractivity (Wildman–Crippen MR) is 158 cm³/mol. The van der Waals surface area contributed by atoms with Crippen LogP contribution in [0.15, 0.2) is 64.3 Å². The Morgan fingerprint density at radius 2 is 1.19 bits per heavy atom. The van der Waals surface area contributed by atoms with E-state index in [2.05, 4.69) is 13.5 Å². The van der Waals surface area contributed by atoms with Gasteiger partial charge in [0.15, 0.2) is 23.3 Å². The van der Waals surface area contributed by atoms with Crippen molar-refractivity contribution < 1.29 is 26.4 Å². The average Bonchev–Trinajstić information content (AvgIpc) is 2.97. The minimum atomic E-state index is -1.46. The fraction of sp³-hybridized carbons (Fsp3) is 0.343. The highest BCUT2D eigenvalue weighted by Crippen LogP contribution is 2.36. The lowest BCUT2D eigenvalue weighted by atomic mass is 9.95. The molecule has 0 radical (unpaired) electrons. The fourth-order valence-electron chi connectivity index (χ4n) is 5.27. The van der Waals surface area contributed by atoms with E-state index < -0.39 is 51.4 Å². The maximum Gasteiger partial charge on any atom is 0.346 e. The first-order chi connectivity index (χ1) is 20.3. The number of benzene rings is 3. The molecule has 0 unspecified atom stereocenters. The maximum atomic E-state index is 15.6. The van der Waals surface area contributed by atoms with Crippen LogP contribution in [-0.2, 0) is 12.8 Å². The monoisotopic (exact) mass is 582 g/mol. The lowest BCUT2D eigenvalue weighted by molar-refractivity contribution is 0.452. The molecule has 0 aliphatic carbocycles. The van der Waals surface area contributed by atoms with Gasteiger partial charge in [0.05, 0.1) is 0 Å². The lowest BCUT2D eigenvalue weighted by Gasteiger charge is -2.13. The third-order valence-electron chi connectivity index (χ3n) is 7.64. The van der Waals surface area contributed by atoms with E-state index in [0.29, 0.717) is 24.0 Å². The van der Waals surface area contributed by atoms with Gasteiger partial charge in [-0.3, -0.25) is 0 Å². The zero-order valence-corrected chi connectivity index (χ0v) is 23.8. The summed E-state index contributed by atoms with van der Waals surface area (Å²) in [5.74, 6) is -5.97. The molecule has 222 valence electrons. The molecule has 0 aliphatic heterocycles. The van der Waals surface area contributed by atoms with Crippen LogP contribution >= 0.6 is 0 Å². The molecule has 0 aliphatic rings. The quantitative estimate of drug-likeness (QED) is 0.0841. The molecule has 0 N–H and O–H groups in total. The number of hydrogen-bond donors (Lipinski definition) is 0. The molecule has 0 saturated carbocycles. The smallest absolute Gasteiger partial charge is 0.346 e. The summed E-state index contributed by atoms with van der Waals surface area (Å²) in [5.41, 5.74) is -2.57. The summed E-state index contributed by atoms with van der Waals surface area (Å²) in [6.07, 6.45) is 11.7. The number of rotatable bonds is 14. The molecular formula is C35H35F5O2. The first-order valence-corrected chi connectivity index (χ1v) is 14.6. The Morgan fingerprint density at radius 1 is 0.667 bits per heavy atom. The van der Waals surface area contributed by atoms with Crippen LogP contribution in [0.1, 0.15) is 76.0 Å². The summed E-state index contributed by atoms with van der Waals surface area (Å²) in [5, 5.41) is -0.0621. The van der Waals surface area contributed by atoms with Crippen LogP contribution in [0.25, 0.3) is 33.0 Å². The summed E-state index contributed by atoms with van der Waals surface area (Å²) >= 11 is 0. The van der Waals surface area contributed by atoms with Crippen molar-refractivity contribution in [2.75, 3.05) is 0 Å². The van der Waals surface area contributed by atoms with Crippen LogP contribution in [0.4, 0.5) is 22.0 Å². The van der Waals surface area contributed by atoms with Gasteiger partial charge >= 0.3 is 5.63 Å². The first-order valence-electron chi connectivity index (χ1n) is 14.6. The molecule has 0 fully saturated rings. The average molecular weight is 583 g/mol. The minimum Gasteiger partial charge on any atom is -0.427 e. The highest BCUT2D eigenvalue weighted by molar-refractivity contribution is 5.88. The summed E-state index contributed by atoms with van der Waals surface area (Å²) in [7, 11) is 0. The lowest BCUT2D eigenvalue weighted by Crippen LogP contribution is -2.06. The molecule has 1 aromatic heterocycles. The number of allylic oxidation sites excluding steroid dienone is 1. The van der Waals surface area contributed by atoms with Crippen molar-refractivity contribution in [3.8, 4) is 22.3 Å². The molecule has 2 nitrogen and oxygen atoms in total. The van der Waals surface area contributed by atoms with Gasteiger partial charge in [0.1, 0.15) is 17.0 Å². The second-order valence-corrected chi connectivity index (χ2v) is 10.6. The van der Waals surface area contributed by atoms with Gasteiger partial charge in [-0.15, -0.1) is 6.58 Å². The van der Waals surface area contributed by atoms with Crippen molar-refractivity contribution in [1.29, 1.82) is 0 Å². The molecular weight excluding hydrogens is 547 g/mol. The Balaban J connectivity index is 1.57. The van der Waals surface area contributed by atoms with Crippen molar-refractivity contribution in [3.63, 3.8) is 0 Å². The summed E-state index contributed by atoms with van der Waals surface area (Å²) in [6, 6.07) is 8.97. The van der Waals surface area contributed by atoms with E-state index in [9.17, 15) is 13.6 Å². The first kappa shape index (κ1) is 31.2. The van der Waals surface area contributed by atoms with Gasteiger partial charge < -0.3 is 4.42 Å². The Kier molecular flexibility index (Phi) is 10.7. The van der Waals surface area contributed by atoms with E-state index in [1.165, 1.54) is 56.4 Å². The van der Waals surface area contributed by atoms with Crippen molar-refractivity contribution >= 4 is 10.8 Å². The van der Waals surface area contributed by atoms with E-state index in [0.717, 1.165) is 31.4 Å². The zero-order valence-electron chi connectivity index (χ0n) is 23.8. The van der Waals surface area contributed by atoms with Gasteiger partial charge in [-0.2, -0.15) is 0 Å². The Morgan fingerprint density at radius 3 is 1.81 bits per heavy atom. The highest BCUT2D eigenvalue weighted by Gasteiger charge is 2.23. The number of hydrogen-bond acceptors (Lipinski definition) is 2. The van der Waals surface area contributed by atoms with Crippen LogP contribution in [0, 0.1) is 29.1 Å². The standard InChI is InChI=1S/C35H35F5O2/c1-3-5-7-8-9-10-11-12-14-24-21-23-16-18-25(31(37)29(23)35(41)42-24)27-19-20-28(34(40)33(27)39)26-17-15-22(13-6-4-2)30(36)32(26)38/h4,15-21H,2-3,5-14H2,1H3. The zero-order chi connectivity index (χ0) is 30.2. The number of fused-ring (bicyclic) bond motifs is 1. The summed E-state index contributed by atoms with van der Waals surface area (Å²) in [6.45, 7) is 5.73. The molecule has 3 aromatic carbocycles. The number of aryl methyl sites for hydroxylation is 2. The number of halogens is 5. The van der Waals surface area contributed by atoms with Gasteiger partial charge in [0.2, 0.25) is 0 Å². The SMILES string of the molecule is C=CCCc1ccc(-c2ccc(-c3ccc4cc(CCCCCCCCCC)oc(=O)c4c3F)c(F)c2F)c(F)c1F. The van der Waals surface area contributed by atoms with Crippen molar-refractivity contribution in [2.45, 2.75) is 77.6 Å². The summed E-state index contributed by atoms with van der Waals surface area (Å²) in [4.78, 5) is 12.7. The van der Waals surface area contributed by atoms with E-state index in [1.807, 2.05) is 0 Å². The molecule has 0 atom stereocenters. The van der Waals surface area contributed by atoms with Gasteiger partial charge in [-0.1, -0.05) is 94.3 Å². The third kappa shape index (κ3) is 6.83. The molecule has 4 aromatic rings. The van der Waals surface area contributed by atoms with Gasteiger partial charge in [0, 0.05) is 28.7 Å². The number of unbranched alkanes of at least 4 members (excludes halogenated alkanes) is 7.